The van der Waals surface area contributed by atoms with Gasteiger partial charge in [0.2, 0.25) is 0 Å². The minimum atomic E-state index is -1.15. The Morgan fingerprint density at radius 3 is 2.72 bits per heavy atom. The van der Waals surface area contributed by atoms with Crippen LogP contribution < -0.4 is 4.74 Å². The maximum Gasteiger partial charge on any atom is 0.339 e. The van der Waals surface area contributed by atoms with E-state index >= 15 is 0 Å². The summed E-state index contributed by atoms with van der Waals surface area (Å²) in [6.07, 6.45) is 1.22. The lowest BCUT2D eigenvalue weighted by Crippen LogP contribution is -2.02. The maximum absolute atomic E-state index is 12.9. The van der Waals surface area contributed by atoms with Crippen molar-refractivity contribution in [2.24, 2.45) is 0 Å². The molecule has 1 aromatic heterocycles. The summed E-state index contributed by atoms with van der Waals surface area (Å²) in [6.45, 7) is -0.181. The molecule has 6 heteroatoms. The Labute approximate surface area is 100 Å². The molecule has 1 heterocycles. The van der Waals surface area contributed by atoms with E-state index in [1.54, 1.807) is 0 Å². The fraction of sp³-hybridized carbons (Fsp3) is 0.0833. The first kappa shape index (κ1) is 12.1. The van der Waals surface area contributed by atoms with Gasteiger partial charge in [-0.3, -0.25) is 0 Å². The molecule has 2 aromatic rings. The summed E-state index contributed by atoms with van der Waals surface area (Å²) in [5.41, 5.74) is -0.0300. The molecule has 2 rings (SSSR count). The molecule has 0 aliphatic carbocycles. The van der Waals surface area contributed by atoms with Crippen LogP contribution in [0.3, 0.4) is 0 Å². The van der Waals surface area contributed by atoms with E-state index in [9.17, 15) is 13.6 Å². The smallest absolute Gasteiger partial charge is 0.339 e. The zero-order chi connectivity index (χ0) is 13.1. The van der Waals surface area contributed by atoms with Crippen molar-refractivity contribution in [3.05, 3.63) is 53.5 Å². The Kier molecular flexibility index (Phi) is 3.27. The van der Waals surface area contributed by atoms with E-state index in [1.165, 1.54) is 18.4 Å². The van der Waals surface area contributed by atoms with Gasteiger partial charge in [0.25, 0.3) is 0 Å². The number of furan rings is 1. The van der Waals surface area contributed by atoms with Crippen molar-refractivity contribution < 1.29 is 27.8 Å². The van der Waals surface area contributed by atoms with E-state index in [4.69, 9.17) is 14.3 Å². The van der Waals surface area contributed by atoms with Crippen LogP contribution in [0.4, 0.5) is 8.78 Å². The number of ether oxygens (including phenoxy) is 1. The summed E-state index contributed by atoms with van der Waals surface area (Å²) in [4.78, 5) is 10.8. The third kappa shape index (κ3) is 2.48. The summed E-state index contributed by atoms with van der Waals surface area (Å²) in [5, 5.41) is 8.81. The minimum absolute atomic E-state index is 0.0300. The average Bonchev–Trinajstić information content (AvgIpc) is 2.79. The number of carboxylic acid groups (broad SMARTS) is 1. The van der Waals surface area contributed by atoms with Crippen LogP contribution >= 0.6 is 0 Å². The van der Waals surface area contributed by atoms with Crippen LogP contribution in [0.1, 0.15) is 16.1 Å². The van der Waals surface area contributed by atoms with Crippen molar-refractivity contribution in [2.45, 2.75) is 6.61 Å². The molecule has 0 saturated heterocycles. The minimum Gasteiger partial charge on any atom is -0.486 e. The van der Waals surface area contributed by atoms with Crippen LogP contribution in [0.5, 0.6) is 5.75 Å². The molecule has 4 nitrogen and oxygen atoms in total. The number of hydrogen-bond acceptors (Lipinski definition) is 3. The number of benzene rings is 1. The lowest BCUT2D eigenvalue weighted by molar-refractivity contribution is 0.0692. The average molecular weight is 254 g/mol. The molecular formula is C12H8F2O4. The third-order valence-electron chi connectivity index (χ3n) is 2.24. The third-order valence-corrected chi connectivity index (χ3v) is 2.24. The lowest BCUT2D eigenvalue weighted by atomic mass is 10.2. The molecule has 18 heavy (non-hydrogen) atoms. The van der Waals surface area contributed by atoms with Crippen molar-refractivity contribution in [2.75, 3.05) is 0 Å². The molecule has 0 aliphatic heterocycles. The molecule has 0 fully saturated rings. The molecular weight excluding hydrogens is 246 g/mol. The molecule has 0 bridgehead atoms. The van der Waals surface area contributed by atoms with Gasteiger partial charge in [0.05, 0.1) is 6.26 Å². The first-order chi connectivity index (χ1) is 8.58. The van der Waals surface area contributed by atoms with E-state index in [-0.39, 0.29) is 23.7 Å². The van der Waals surface area contributed by atoms with E-state index in [2.05, 4.69) is 0 Å². The van der Waals surface area contributed by atoms with E-state index in [0.717, 1.165) is 12.1 Å². The molecule has 0 aliphatic rings. The largest absolute Gasteiger partial charge is 0.486 e. The van der Waals surface area contributed by atoms with E-state index in [0.29, 0.717) is 0 Å². The molecule has 94 valence electrons. The number of carbonyl (C=O) groups is 1. The highest BCUT2D eigenvalue weighted by molar-refractivity contribution is 5.88. The summed E-state index contributed by atoms with van der Waals surface area (Å²) < 4.78 is 35.6. The highest BCUT2D eigenvalue weighted by Crippen LogP contribution is 2.18. The van der Waals surface area contributed by atoms with Crippen molar-refractivity contribution in [3.63, 3.8) is 0 Å². The van der Waals surface area contributed by atoms with Crippen LogP contribution in [-0.4, -0.2) is 11.1 Å². The molecule has 0 atom stereocenters. The lowest BCUT2D eigenvalue weighted by Gasteiger charge is -2.05. The van der Waals surface area contributed by atoms with Gasteiger partial charge in [0.15, 0.2) is 17.4 Å². The number of aromatic carboxylic acids is 1. The second-order valence-corrected chi connectivity index (χ2v) is 3.43. The molecule has 0 spiro atoms. The number of hydrogen-bond donors (Lipinski definition) is 1. The monoisotopic (exact) mass is 254 g/mol. The standard InChI is InChI=1S/C12H8F2O4/c13-9-2-1-7(5-10(9)14)18-6-11-8(12(15)16)3-4-17-11/h1-5H,6H2,(H,15,16). The SMILES string of the molecule is O=C(O)c1ccoc1COc1ccc(F)c(F)c1. The maximum atomic E-state index is 12.9. The highest BCUT2D eigenvalue weighted by Gasteiger charge is 2.14. The van der Waals surface area contributed by atoms with Crippen LogP contribution in [-0.2, 0) is 6.61 Å². The molecule has 0 radical (unpaired) electrons. The van der Waals surface area contributed by atoms with Crippen molar-refractivity contribution in [3.8, 4) is 5.75 Å². The zero-order valence-corrected chi connectivity index (χ0v) is 9.02. The van der Waals surface area contributed by atoms with Crippen LogP contribution in [0.2, 0.25) is 0 Å². The van der Waals surface area contributed by atoms with Gasteiger partial charge in [0, 0.05) is 6.07 Å². The van der Waals surface area contributed by atoms with Gasteiger partial charge in [-0.2, -0.15) is 0 Å². The zero-order valence-electron chi connectivity index (χ0n) is 9.02. The topological polar surface area (TPSA) is 59.7 Å². The predicted octanol–water partition coefficient (Wildman–Crippen LogP) is 2.84. The molecule has 1 aromatic carbocycles. The Hall–Kier alpha value is -2.37. The van der Waals surface area contributed by atoms with Crippen LogP contribution in [0.25, 0.3) is 0 Å². The second-order valence-electron chi connectivity index (χ2n) is 3.43. The Morgan fingerprint density at radius 2 is 2.06 bits per heavy atom. The summed E-state index contributed by atoms with van der Waals surface area (Å²) in [6, 6.07) is 4.32. The van der Waals surface area contributed by atoms with Crippen molar-refractivity contribution in [1.29, 1.82) is 0 Å². The van der Waals surface area contributed by atoms with Gasteiger partial charge in [-0.25, -0.2) is 13.6 Å². The van der Waals surface area contributed by atoms with Crippen LogP contribution in [0.15, 0.2) is 34.9 Å². The van der Waals surface area contributed by atoms with Gasteiger partial charge in [-0.1, -0.05) is 0 Å². The van der Waals surface area contributed by atoms with E-state index < -0.39 is 17.6 Å². The van der Waals surface area contributed by atoms with Gasteiger partial charge in [0.1, 0.15) is 17.9 Å². The number of halogens is 2. The normalized spacial score (nSPS) is 10.3. The van der Waals surface area contributed by atoms with Gasteiger partial charge < -0.3 is 14.3 Å². The molecule has 0 unspecified atom stereocenters. The van der Waals surface area contributed by atoms with Crippen molar-refractivity contribution in [1.82, 2.24) is 0 Å². The molecule has 0 saturated carbocycles. The Balaban J connectivity index is 2.09. The number of rotatable bonds is 4. The Bertz CT molecular complexity index is 577. The Morgan fingerprint density at radius 1 is 1.28 bits per heavy atom. The van der Waals surface area contributed by atoms with Gasteiger partial charge in [-0.05, 0) is 18.2 Å². The second kappa shape index (κ2) is 4.87. The van der Waals surface area contributed by atoms with Crippen molar-refractivity contribution >= 4 is 5.97 Å². The predicted molar refractivity (Wildman–Crippen MR) is 56.4 cm³/mol. The highest BCUT2D eigenvalue weighted by atomic mass is 19.2. The quantitative estimate of drug-likeness (QED) is 0.911. The molecule has 0 amide bonds. The summed E-state index contributed by atoms with van der Waals surface area (Å²) in [7, 11) is 0. The van der Waals surface area contributed by atoms with Gasteiger partial charge in [-0.15, -0.1) is 0 Å². The number of carboxylic acids is 1. The molecule has 1 N–H and O–H groups in total. The fourth-order valence-corrected chi connectivity index (χ4v) is 1.36. The van der Waals surface area contributed by atoms with E-state index in [1.807, 2.05) is 0 Å². The van der Waals surface area contributed by atoms with Gasteiger partial charge >= 0.3 is 5.97 Å². The first-order valence-corrected chi connectivity index (χ1v) is 4.95. The van der Waals surface area contributed by atoms with Crippen LogP contribution in [0, 0.1) is 11.6 Å². The first-order valence-electron chi connectivity index (χ1n) is 4.95. The fourth-order valence-electron chi connectivity index (χ4n) is 1.36. The summed E-state index contributed by atoms with van der Waals surface area (Å²) >= 11 is 0. The summed E-state index contributed by atoms with van der Waals surface area (Å²) in [5.74, 6) is -2.97.